The van der Waals surface area contributed by atoms with Crippen molar-refractivity contribution in [3.63, 3.8) is 0 Å². The molecule has 1 aromatic carbocycles. The minimum Gasteiger partial charge on any atom is -0.388 e. The van der Waals surface area contributed by atoms with Crippen LogP contribution in [0.4, 0.5) is 4.39 Å². The maximum absolute atomic E-state index is 13.1. The van der Waals surface area contributed by atoms with Gasteiger partial charge in [-0.15, -0.1) is 6.58 Å². The van der Waals surface area contributed by atoms with Gasteiger partial charge in [-0.1, -0.05) is 25.0 Å². The first-order valence-corrected chi connectivity index (χ1v) is 6.20. The summed E-state index contributed by atoms with van der Waals surface area (Å²) in [5, 5.41) is 10.00. The van der Waals surface area contributed by atoms with Gasteiger partial charge in [-0.05, 0) is 49.4 Å². The van der Waals surface area contributed by atoms with Crippen molar-refractivity contribution in [1.82, 2.24) is 0 Å². The Morgan fingerprint density at radius 3 is 2.82 bits per heavy atom. The molecule has 0 amide bonds. The third-order valence-corrected chi connectivity index (χ3v) is 2.99. The van der Waals surface area contributed by atoms with E-state index in [1.165, 1.54) is 12.1 Å². The van der Waals surface area contributed by atoms with Crippen molar-refractivity contribution < 1.29 is 9.50 Å². The predicted molar refractivity (Wildman–Crippen MR) is 69.4 cm³/mol. The van der Waals surface area contributed by atoms with Crippen molar-refractivity contribution in [3.8, 4) is 0 Å². The van der Waals surface area contributed by atoms with E-state index in [0.29, 0.717) is 12.0 Å². The maximum Gasteiger partial charge on any atom is 0.123 e. The number of halogens is 1. The molecule has 94 valence electrons. The van der Waals surface area contributed by atoms with Crippen LogP contribution < -0.4 is 0 Å². The fourth-order valence-corrected chi connectivity index (χ4v) is 1.93. The number of unbranched alkanes of at least 4 members (excludes halogenated alkanes) is 3. The van der Waals surface area contributed by atoms with Crippen LogP contribution in [0.25, 0.3) is 0 Å². The highest BCUT2D eigenvalue weighted by molar-refractivity contribution is 5.28. The molecule has 1 rings (SSSR count). The summed E-state index contributed by atoms with van der Waals surface area (Å²) in [5.74, 6) is -0.281. The third kappa shape index (κ3) is 4.70. The molecule has 1 nitrogen and oxygen atoms in total. The van der Waals surface area contributed by atoms with Crippen LogP contribution in [0.2, 0.25) is 0 Å². The van der Waals surface area contributed by atoms with E-state index in [2.05, 4.69) is 6.58 Å². The van der Waals surface area contributed by atoms with Gasteiger partial charge in [-0.2, -0.15) is 0 Å². The van der Waals surface area contributed by atoms with E-state index in [4.69, 9.17) is 0 Å². The monoisotopic (exact) mass is 236 g/mol. The molecule has 0 radical (unpaired) electrons. The number of aliphatic hydroxyl groups excluding tert-OH is 1. The summed E-state index contributed by atoms with van der Waals surface area (Å²) >= 11 is 0. The molecule has 0 aliphatic rings. The Kier molecular flexibility index (Phi) is 5.92. The Hall–Kier alpha value is -1.15. The molecule has 1 aromatic rings. The third-order valence-electron chi connectivity index (χ3n) is 2.99. The Morgan fingerprint density at radius 1 is 1.35 bits per heavy atom. The summed E-state index contributed by atoms with van der Waals surface area (Å²) in [4.78, 5) is 0. The zero-order valence-corrected chi connectivity index (χ0v) is 10.5. The summed E-state index contributed by atoms with van der Waals surface area (Å²) in [5.41, 5.74) is 1.67. The molecule has 0 saturated carbocycles. The first-order valence-electron chi connectivity index (χ1n) is 6.20. The van der Waals surface area contributed by atoms with E-state index in [-0.39, 0.29) is 5.82 Å². The topological polar surface area (TPSA) is 20.2 Å². The van der Waals surface area contributed by atoms with Gasteiger partial charge in [0.2, 0.25) is 0 Å². The van der Waals surface area contributed by atoms with Crippen LogP contribution >= 0.6 is 0 Å². The standard InChI is InChI=1S/C15H21FO/c1-3-4-5-6-7-8-15(17)14-11-13(16)10-9-12(14)2/h3,9-11,15,17H,1,4-8H2,2H3. The van der Waals surface area contributed by atoms with Gasteiger partial charge in [0.1, 0.15) is 5.82 Å². The van der Waals surface area contributed by atoms with Crippen molar-refractivity contribution in [1.29, 1.82) is 0 Å². The number of aliphatic hydroxyl groups is 1. The zero-order chi connectivity index (χ0) is 12.7. The molecule has 0 aromatic heterocycles. The second-order valence-electron chi connectivity index (χ2n) is 4.44. The number of hydrogen-bond donors (Lipinski definition) is 1. The molecule has 0 aliphatic heterocycles. The van der Waals surface area contributed by atoms with Crippen LogP contribution in [-0.2, 0) is 0 Å². The average Bonchev–Trinajstić information content (AvgIpc) is 2.32. The fraction of sp³-hybridized carbons (Fsp3) is 0.467. The summed E-state index contributed by atoms with van der Waals surface area (Å²) < 4.78 is 13.1. The van der Waals surface area contributed by atoms with Crippen LogP contribution in [-0.4, -0.2) is 5.11 Å². The quantitative estimate of drug-likeness (QED) is 0.552. The highest BCUT2D eigenvalue weighted by Crippen LogP contribution is 2.23. The van der Waals surface area contributed by atoms with Gasteiger partial charge < -0.3 is 5.11 Å². The molecule has 1 N–H and O–H groups in total. The summed E-state index contributed by atoms with van der Waals surface area (Å²) in [6.07, 6.45) is 6.24. The molecular formula is C15H21FO. The molecule has 0 heterocycles. The molecule has 2 heteroatoms. The second-order valence-corrected chi connectivity index (χ2v) is 4.44. The lowest BCUT2D eigenvalue weighted by Gasteiger charge is -2.13. The van der Waals surface area contributed by atoms with Gasteiger partial charge in [0.05, 0.1) is 6.10 Å². The van der Waals surface area contributed by atoms with E-state index in [0.717, 1.165) is 31.2 Å². The first kappa shape index (κ1) is 13.9. The van der Waals surface area contributed by atoms with Crippen molar-refractivity contribution in [3.05, 3.63) is 47.8 Å². The second kappa shape index (κ2) is 7.23. The van der Waals surface area contributed by atoms with Gasteiger partial charge in [0.15, 0.2) is 0 Å². The summed E-state index contributed by atoms with van der Waals surface area (Å²) in [6.45, 7) is 5.57. The van der Waals surface area contributed by atoms with E-state index < -0.39 is 6.10 Å². The van der Waals surface area contributed by atoms with Crippen LogP contribution in [0.15, 0.2) is 30.9 Å². The normalized spacial score (nSPS) is 12.4. The van der Waals surface area contributed by atoms with Crippen LogP contribution in [0.5, 0.6) is 0 Å². The van der Waals surface area contributed by atoms with Gasteiger partial charge in [-0.25, -0.2) is 4.39 Å². The van der Waals surface area contributed by atoms with E-state index in [1.807, 2.05) is 13.0 Å². The first-order chi connectivity index (χ1) is 8.15. The van der Waals surface area contributed by atoms with Crippen molar-refractivity contribution in [2.24, 2.45) is 0 Å². The van der Waals surface area contributed by atoms with E-state index in [9.17, 15) is 9.50 Å². The van der Waals surface area contributed by atoms with Crippen LogP contribution in [0.1, 0.15) is 49.3 Å². The Bertz CT molecular complexity index is 360. The Balaban J connectivity index is 2.43. The average molecular weight is 236 g/mol. The summed E-state index contributed by atoms with van der Waals surface area (Å²) in [7, 11) is 0. The summed E-state index contributed by atoms with van der Waals surface area (Å²) in [6, 6.07) is 4.57. The minimum atomic E-state index is -0.547. The highest BCUT2D eigenvalue weighted by Gasteiger charge is 2.10. The highest BCUT2D eigenvalue weighted by atomic mass is 19.1. The van der Waals surface area contributed by atoms with Crippen LogP contribution in [0.3, 0.4) is 0 Å². The van der Waals surface area contributed by atoms with Crippen molar-refractivity contribution >= 4 is 0 Å². The number of aryl methyl sites for hydroxylation is 1. The molecule has 0 aliphatic carbocycles. The Morgan fingerprint density at radius 2 is 2.12 bits per heavy atom. The van der Waals surface area contributed by atoms with Gasteiger partial charge in [0, 0.05) is 0 Å². The van der Waals surface area contributed by atoms with E-state index in [1.54, 1.807) is 6.07 Å². The van der Waals surface area contributed by atoms with Gasteiger partial charge in [0.25, 0.3) is 0 Å². The lowest BCUT2D eigenvalue weighted by atomic mass is 9.98. The molecule has 1 atom stereocenters. The lowest BCUT2D eigenvalue weighted by Crippen LogP contribution is -2.01. The number of rotatable bonds is 7. The van der Waals surface area contributed by atoms with Gasteiger partial charge in [-0.3, -0.25) is 0 Å². The van der Waals surface area contributed by atoms with Crippen molar-refractivity contribution in [2.75, 3.05) is 0 Å². The smallest absolute Gasteiger partial charge is 0.123 e. The molecular weight excluding hydrogens is 215 g/mol. The number of benzene rings is 1. The fourth-order valence-electron chi connectivity index (χ4n) is 1.93. The maximum atomic E-state index is 13.1. The molecule has 0 spiro atoms. The SMILES string of the molecule is C=CCCCCCC(O)c1cc(F)ccc1C. The number of allylic oxidation sites excluding steroid dienone is 1. The van der Waals surface area contributed by atoms with Crippen molar-refractivity contribution in [2.45, 2.75) is 45.1 Å². The lowest BCUT2D eigenvalue weighted by molar-refractivity contribution is 0.162. The molecule has 0 fully saturated rings. The minimum absolute atomic E-state index is 0.281. The largest absolute Gasteiger partial charge is 0.388 e. The van der Waals surface area contributed by atoms with Crippen LogP contribution in [0, 0.1) is 12.7 Å². The zero-order valence-electron chi connectivity index (χ0n) is 10.5. The Labute approximate surface area is 103 Å². The molecule has 1 unspecified atom stereocenters. The molecule has 17 heavy (non-hydrogen) atoms. The molecule has 0 saturated heterocycles. The predicted octanol–water partition coefficient (Wildman–Crippen LogP) is 4.30. The number of hydrogen-bond acceptors (Lipinski definition) is 1. The van der Waals surface area contributed by atoms with Gasteiger partial charge >= 0.3 is 0 Å². The molecule has 0 bridgehead atoms. The van der Waals surface area contributed by atoms with E-state index >= 15 is 0 Å².